The van der Waals surface area contributed by atoms with E-state index in [4.69, 9.17) is 10.5 Å². The minimum Gasteiger partial charge on any atom is -0.369 e. The second kappa shape index (κ2) is 5.24. The van der Waals surface area contributed by atoms with Crippen LogP contribution in [0.15, 0.2) is 24.5 Å². The molecule has 0 saturated heterocycles. The minimum atomic E-state index is 0.0381. The number of ether oxygens (including phenoxy) is 1. The van der Waals surface area contributed by atoms with E-state index in [0.29, 0.717) is 12.6 Å². The Kier molecular flexibility index (Phi) is 3.69. The second-order valence-corrected chi connectivity index (χ2v) is 4.05. The summed E-state index contributed by atoms with van der Waals surface area (Å²) in [5.74, 6) is 0. The van der Waals surface area contributed by atoms with Gasteiger partial charge in [0.15, 0.2) is 0 Å². The van der Waals surface area contributed by atoms with Gasteiger partial charge in [-0.05, 0) is 30.5 Å². The first-order valence-electron chi connectivity index (χ1n) is 5.65. The van der Waals surface area contributed by atoms with Crippen LogP contribution in [0.4, 0.5) is 0 Å². The van der Waals surface area contributed by atoms with Crippen LogP contribution in [0.3, 0.4) is 0 Å². The zero-order valence-corrected chi connectivity index (χ0v) is 8.93. The summed E-state index contributed by atoms with van der Waals surface area (Å²) in [6, 6.07) is 3.96. The number of rotatable bonds is 4. The van der Waals surface area contributed by atoms with Crippen molar-refractivity contribution in [2.75, 3.05) is 6.54 Å². The first-order chi connectivity index (χ1) is 7.40. The first-order valence-corrected chi connectivity index (χ1v) is 5.65. The first kappa shape index (κ1) is 10.6. The summed E-state index contributed by atoms with van der Waals surface area (Å²) in [6.45, 7) is 0.542. The van der Waals surface area contributed by atoms with Gasteiger partial charge in [0.1, 0.15) is 0 Å². The lowest BCUT2D eigenvalue weighted by molar-refractivity contribution is -0.00440. The molecule has 3 heteroatoms. The predicted octanol–water partition coefficient (Wildman–Crippen LogP) is 2.04. The summed E-state index contributed by atoms with van der Waals surface area (Å²) in [4.78, 5) is 4.00. The summed E-state index contributed by atoms with van der Waals surface area (Å²) in [5.41, 5.74) is 6.88. The van der Waals surface area contributed by atoms with Crippen molar-refractivity contribution in [3.63, 3.8) is 0 Å². The van der Waals surface area contributed by atoms with Gasteiger partial charge in [0, 0.05) is 18.9 Å². The van der Waals surface area contributed by atoms with Crippen molar-refractivity contribution in [2.24, 2.45) is 5.73 Å². The highest BCUT2D eigenvalue weighted by Crippen LogP contribution is 2.26. The maximum absolute atomic E-state index is 5.99. The maximum atomic E-state index is 5.99. The molecule has 2 rings (SSSR count). The molecule has 0 spiro atoms. The Hall–Kier alpha value is -0.930. The van der Waals surface area contributed by atoms with Crippen LogP contribution in [-0.4, -0.2) is 17.6 Å². The van der Waals surface area contributed by atoms with Crippen LogP contribution in [0, 0.1) is 0 Å². The highest BCUT2D eigenvalue weighted by molar-refractivity contribution is 5.13. The van der Waals surface area contributed by atoms with Gasteiger partial charge in [-0.3, -0.25) is 4.98 Å². The molecule has 3 nitrogen and oxygen atoms in total. The molecular weight excluding hydrogens is 188 g/mol. The number of aromatic nitrogens is 1. The van der Waals surface area contributed by atoms with Crippen LogP contribution in [0.25, 0.3) is 0 Å². The summed E-state index contributed by atoms with van der Waals surface area (Å²) < 4.78 is 5.99. The molecule has 1 saturated carbocycles. The Morgan fingerprint density at radius 1 is 1.33 bits per heavy atom. The fourth-order valence-electron chi connectivity index (χ4n) is 2.11. The zero-order valence-electron chi connectivity index (χ0n) is 8.93. The number of hydrogen-bond acceptors (Lipinski definition) is 3. The molecule has 0 aliphatic heterocycles. The van der Waals surface area contributed by atoms with Crippen molar-refractivity contribution in [1.82, 2.24) is 4.98 Å². The molecule has 1 heterocycles. The van der Waals surface area contributed by atoms with E-state index >= 15 is 0 Å². The lowest BCUT2D eigenvalue weighted by atomic mass is 10.1. The summed E-state index contributed by atoms with van der Waals surface area (Å²) in [7, 11) is 0. The number of pyridine rings is 1. The SMILES string of the molecule is NCC(OC1CCCC1)c1ccncc1. The lowest BCUT2D eigenvalue weighted by Gasteiger charge is -2.20. The summed E-state index contributed by atoms with van der Waals surface area (Å²) in [6.07, 6.45) is 8.97. The van der Waals surface area contributed by atoms with Crippen molar-refractivity contribution in [2.45, 2.75) is 37.9 Å². The minimum absolute atomic E-state index is 0.0381. The molecule has 1 aromatic heterocycles. The van der Waals surface area contributed by atoms with Gasteiger partial charge < -0.3 is 10.5 Å². The third-order valence-corrected chi connectivity index (χ3v) is 2.95. The Balaban J connectivity index is 1.97. The molecule has 0 amide bonds. The average Bonchev–Trinajstić information content (AvgIpc) is 2.80. The molecule has 1 unspecified atom stereocenters. The lowest BCUT2D eigenvalue weighted by Crippen LogP contribution is -2.20. The van der Waals surface area contributed by atoms with E-state index in [2.05, 4.69) is 4.98 Å². The van der Waals surface area contributed by atoms with Gasteiger partial charge in [0.25, 0.3) is 0 Å². The van der Waals surface area contributed by atoms with Gasteiger partial charge in [0.05, 0.1) is 12.2 Å². The molecule has 0 aromatic carbocycles. The van der Waals surface area contributed by atoms with E-state index in [1.54, 1.807) is 12.4 Å². The molecule has 0 bridgehead atoms. The van der Waals surface area contributed by atoms with Crippen LogP contribution < -0.4 is 5.73 Å². The fraction of sp³-hybridized carbons (Fsp3) is 0.583. The van der Waals surface area contributed by atoms with Crippen LogP contribution >= 0.6 is 0 Å². The van der Waals surface area contributed by atoms with Crippen molar-refractivity contribution >= 4 is 0 Å². The number of nitrogens with two attached hydrogens (primary N) is 1. The Labute approximate surface area is 90.7 Å². The average molecular weight is 206 g/mol. The highest BCUT2D eigenvalue weighted by atomic mass is 16.5. The van der Waals surface area contributed by atoms with Crippen molar-refractivity contribution in [3.8, 4) is 0 Å². The topological polar surface area (TPSA) is 48.1 Å². The summed E-state index contributed by atoms with van der Waals surface area (Å²) in [5, 5.41) is 0. The number of hydrogen-bond donors (Lipinski definition) is 1. The monoisotopic (exact) mass is 206 g/mol. The molecule has 1 aliphatic carbocycles. The Morgan fingerprint density at radius 3 is 2.60 bits per heavy atom. The largest absolute Gasteiger partial charge is 0.369 e. The van der Waals surface area contributed by atoms with Crippen LogP contribution in [-0.2, 0) is 4.74 Å². The maximum Gasteiger partial charge on any atom is 0.0951 e. The molecule has 1 aromatic rings. The molecule has 82 valence electrons. The van der Waals surface area contributed by atoms with E-state index in [9.17, 15) is 0 Å². The molecule has 1 atom stereocenters. The molecule has 1 aliphatic rings. The zero-order chi connectivity index (χ0) is 10.5. The van der Waals surface area contributed by atoms with E-state index < -0.39 is 0 Å². The Bertz CT molecular complexity index is 283. The van der Waals surface area contributed by atoms with Gasteiger partial charge in [-0.25, -0.2) is 0 Å². The molecule has 15 heavy (non-hydrogen) atoms. The molecular formula is C12H18N2O. The van der Waals surface area contributed by atoms with Crippen LogP contribution in [0.5, 0.6) is 0 Å². The van der Waals surface area contributed by atoms with Crippen molar-refractivity contribution < 1.29 is 4.74 Å². The third-order valence-electron chi connectivity index (χ3n) is 2.95. The van der Waals surface area contributed by atoms with Gasteiger partial charge in [0.2, 0.25) is 0 Å². The standard InChI is InChI=1S/C12H18N2O/c13-9-12(10-5-7-14-8-6-10)15-11-3-1-2-4-11/h5-8,11-12H,1-4,9,13H2. The van der Waals surface area contributed by atoms with Gasteiger partial charge in [-0.2, -0.15) is 0 Å². The van der Waals surface area contributed by atoms with E-state index in [1.165, 1.54) is 25.7 Å². The van der Waals surface area contributed by atoms with Crippen LogP contribution in [0.2, 0.25) is 0 Å². The van der Waals surface area contributed by atoms with E-state index in [-0.39, 0.29) is 6.10 Å². The third kappa shape index (κ3) is 2.76. The molecule has 0 radical (unpaired) electrons. The predicted molar refractivity (Wildman–Crippen MR) is 59.4 cm³/mol. The van der Waals surface area contributed by atoms with Crippen molar-refractivity contribution in [3.05, 3.63) is 30.1 Å². The smallest absolute Gasteiger partial charge is 0.0951 e. The Morgan fingerprint density at radius 2 is 2.00 bits per heavy atom. The normalized spacial score (nSPS) is 19.3. The summed E-state index contributed by atoms with van der Waals surface area (Å²) >= 11 is 0. The van der Waals surface area contributed by atoms with Gasteiger partial charge >= 0.3 is 0 Å². The molecule has 2 N–H and O–H groups in total. The van der Waals surface area contributed by atoms with Gasteiger partial charge in [-0.1, -0.05) is 12.8 Å². The van der Waals surface area contributed by atoms with Crippen molar-refractivity contribution in [1.29, 1.82) is 0 Å². The number of nitrogens with zero attached hydrogens (tertiary/aromatic N) is 1. The van der Waals surface area contributed by atoms with E-state index in [0.717, 1.165) is 5.56 Å². The second-order valence-electron chi connectivity index (χ2n) is 4.05. The molecule has 1 fully saturated rings. The van der Waals surface area contributed by atoms with Crippen LogP contribution in [0.1, 0.15) is 37.4 Å². The highest BCUT2D eigenvalue weighted by Gasteiger charge is 2.20. The van der Waals surface area contributed by atoms with E-state index in [1.807, 2.05) is 12.1 Å². The quantitative estimate of drug-likeness (QED) is 0.820. The van der Waals surface area contributed by atoms with Gasteiger partial charge in [-0.15, -0.1) is 0 Å². The fourth-order valence-corrected chi connectivity index (χ4v) is 2.11.